The van der Waals surface area contributed by atoms with E-state index >= 15 is 0 Å². The summed E-state index contributed by atoms with van der Waals surface area (Å²) in [5.41, 5.74) is -0.457. The Bertz CT molecular complexity index is 263. The van der Waals surface area contributed by atoms with Gasteiger partial charge in [0.1, 0.15) is 0 Å². The zero-order chi connectivity index (χ0) is 17.0. The van der Waals surface area contributed by atoms with Crippen molar-refractivity contribution in [3.63, 3.8) is 0 Å². The summed E-state index contributed by atoms with van der Waals surface area (Å²) in [5, 5.41) is 10.4. The van der Waals surface area contributed by atoms with Crippen LogP contribution in [0.1, 0.15) is 111 Å². The molecule has 1 rings (SSSR count). The molecule has 2 nitrogen and oxygen atoms in total. The average Bonchev–Trinajstić information content (AvgIpc) is 2.51. The van der Waals surface area contributed by atoms with Gasteiger partial charge in [-0.2, -0.15) is 0 Å². The molecule has 1 atom stereocenters. The molecule has 1 saturated heterocycles. The van der Waals surface area contributed by atoms with Crippen LogP contribution in [0, 0.1) is 0 Å². The van der Waals surface area contributed by atoms with Crippen molar-refractivity contribution in [3.05, 3.63) is 0 Å². The van der Waals surface area contributed by atoms with E-state index in [4.69, 9.17) is 0 Å². The number of rotatable bonds is 13. The van der Waals surface area contributed by atoms with Gasteiger partial charge in [0.2, 0.25) is 0 Å². The number of likely N-dealkylation sites (tertiary alicyclic amines) is 1. The number of aliphatic hydroxyl groups is 1. The summed E-state index contributed by atoms with van der Waals surface area (Å²) >= 11 is 0. The van der Waals surface area contributed by atoms with Gasteiger partial charge in [-0.1, -0.05) is 78.1 Å². The molecule has 0 aliphatic carbocycles. The van der Waals surface area contributed by atoms with Crippen molar-refractivity contribution in [1.29, 1.82) is 0 Å². The molecule has 1 aliphatic rings. The van der Waals surface area contributed by atoms with Crippen LogP contribution in [0.3, 0.4) is 0 Å². The van der Waals surface area contributed by atoms with Crippen LogP contribution < -0.4 is 0 Å². The van der Waals surface area contributed by atoms with Crippen LogP contribution in [-0.2, 0) is 0 Å². The minimum Gasteiger partial charge on any atom is -0.389 e. The molecule has 1 fully saturated rings. The van der Waals surface area contributed by atoms with Gasteiger partial charge in [-0.15, -0.1) is 0 Å². The standard InChI is InChI=1S/C21H43NO/c1-4-6-8-10-12-15-20(16-13-11-9-7-5-2)22-18-14-17-21(3,23)19-22/h20,23H,4-19H2,1-3H3. The lowest BCUT2D eigenvalue weighted by Gasteiger charge is -2.41. The Morgan fingerprint density at radius 1 is 0.870 bits per heavy atom. The lowest BCUT2D eigenvalue weighted by Crippen LogP contribution is -2.50. The predicted octanol–water partition coefficient (Wildman–Crippen LogP) is 5.92. The molecular weight excluding hydrogens is 282 g/mol. The summed E-state index contributed by atoms with van der Waals surface area (Å²) in [4.78, 5) is 2.61. The number of unbranched alkanes of at least 4 members (excludes halogenated alkanes) is 8. The maximum absolute atomic E-state index is 10.4. The van der Waals surface area contributed by atoms with Gasteiger partial charge in [0.05, 0.1) is 5.60 Å². The normalized spacial score (nSPS) is 22.8. The molecule has 23 heavy (non-hydrogen) atoms. The summed E-state index contributed by atoms with van der Waals surface area (Å²) < 4.78 is 0. The number of piperidine rings is 1. The van der Waals surface area contributed by atoms with Crippen molar-refractivity contribution in [2.24, 2.45) is 0 Å². The Morgan fingerprint density at radius 2 is 1.39 bits per heavy atom. The van der Waals surface area contributed by atoms with Gasteiger partial charge in [-0.05, 0) is 39.2 Å². The molecule has 1 aliphatic heterocycles. The van der Waals surface area contributed by atoms with Crippen LogP contribution in [0.15, 0.2) is 0 Å². The molecule has 138 valence electrons. The minimum atomic E-state index is -0.457. The van der Waals surface area contributed by atoms with E-state index < -0.39 is 5.60 Å². The third-order valence-electron chi connectivity index (χ3n) is 5.50. The van der Waals surface area contributed by atoms with Crippen molar-refractivity contribution < 1.29 is 5.11 Å². The Balaban J connectivity index is 2.37. The predicted molar refractivity (Wildman–Crippen MR) is 102 cm³/mol. The van der Waals surface area contributed by atoms with E-state index in [0.717, 1.165) is 19.4 Å². The van der Waals surface area contributed by atoms with Gasteiger partial charge in [0.25, 0.3) is 0 Å². The number of nitrogens with zero attached hydrogens (tertiary/aromatic N) is 1. The highest BCUT2D eigenvalue weighted by atomic mass is 16.3. The fraction of sp³-hybridized carbons (Fsp3) is 1.00. The van der Waals surface area contributed by atoms with E-state index in [9.17, 15) is 5.11 Å². The van der Waals surface area contributed by atoms with Crippen LogP contribution in [0.5, 0.6) is 0 Å². The molecule has 0 aromatic carbocycles. The average molecular weight is 326 g/mol. The Morgan fingerprint density at radius 3 is 1.87 bits per heavy atom. The molecule has 1 heterocycles. The molecule has 0 saturated carbocycles. The summed E-state index contributed by atoms with van der Waals surface area (Å²) in [6.45, 7) is 8.69. The van der Waals surface area contributed by atoms with E-state index in [1.54, 1.807) is 0 Å². The third kappa shape index (κ3) is 9.72. The Hall–Kier alpha value is -0.0800. The van der Waals surface area contributed by atoms with Gasteiger partial charge < -0.3 is 5.11 Å². The molecule has 0 aromatic rings. The lowest BCUT2D eigenvalue weighted by molar-refractivity contribution is -0.0329. The Kier molecular flexibility index (Phi) is 11.2. The van der Waals surface area contributed by atoms with Gasteiger partial charge in [0.15, 0.2) is 0 Å². The fourth-order valence-electron chi connectivity index (χ4n) is 4.05. The highest BCUT2D eigenvalue weighted by molar-refractivity contribution is 4.86. The molecule has 0 bridgehead atoms. The van der Waals surface area contributed by atoms with E-state index in [2.05, 4.69) is 18.7 Å². The van der Waals surface area contributed by atoms with Gasteiger partial charge >= 0.3 is 0 Å². The van der Waals surface area contributed by atoms with Crippen LogP contribution in [0.25, 0.3) is 0 Å². The molecule has 1 N–H and O–H groups in total. The molecule has 1 unspecified atom stereocenters. The maximum Gasteiger partial charge on any atom is 0.0746 e. The van der Waals surface area contributed by atoms with Crippen molar-refractivity contribution in [3.8, 4) is 0 Å². The molecule has 0 spiro atoms. The zero-order valence-corrected chi connectivity index (χ0v) is 16.3. The zero-order valence-electron chi connectivity index (χ0n) is 16.3. The largest absolute Gasteiger partial charge is 0.389 e. The SMILES string of the molecule is CCCCCCCC(CCCCCCC)N1CCCC(C)(O)C1. The van der Waals surface area contributed by atoms with Gasteiger partial charge in [0, 0.05) is 12.6 Å². The van der Waals surface area contributed by atoms with E-state index in [0.29, 0.717) is 6.04 Å². The lowest BCUT2D eigenvalue weighted by atomic mass is 9.91. The molecule has 0 radical (unpaired) electrons. The number of hydrogen-bond donors (Lipinski definition) is 1. The Labute approximate surface area is 146 Å². The van der Waals surface area contributed by atoms with E-state index in [1.807, 2.05) is 6.92 Å². The third-order valence-corrected chi connectivity index (χ3v) is 5.50. The smallest absolute Gasteiger partial charge is 0.0746 e. The van der Waals surface area contributed by atoms with Crippen LogP contribution in [0.2, 0.25) is 0 Å². The van der Waals surface area contributed by atoms with Crippen LogP contribution in [0.4, 0.5) is 0 Å². The fourth-order valence-corrected chi connectivity index (χ4v) is 4.05. The highest BCUT2D eigenvalue weighted by Crippen LogP contribution is 2.26. The second-order valence-corrected chi connectivity index (χ2v) is 8.13. The molecule has 0 aromatic heterocycles. The highest BCUT2D eigenvalue weighted by Gasteiger charge is 2.31. The summed E-state index contributed by atoms with van der Waals surface area (Å²) in [6.07, 6.45) is 18.6. The van der Waals surface area contributed by atoms with E-state index in [1.165, 1.54) is 83.6 Å². The first-order chi connectivity index (χ1) is 11.1. The van der Waals surface area contributed by atoms with Crippen molar-refractivity contribution in [2.75, 3.05) is 13.1 Å². The van der Waals surface area contributed by atoms with Crippen LogP contribution in [-0.4, -0.2) is 34.7 Å². The number of hydrogen-bond acceptors (Lipinski definition) is 2. The van der Waals surface area contributed by atoms with E-state index in [-0.39, 0.29) is 0 Å². The first-order valence-corrected chi connectivity index (χ1v) is 10.6. The summed E-state index contributed by atoms with van der Waals surface area (Å²) in [6, 6.07) is 0.713. The molecule has 2 heteroatoms. The van der Waals surface area contributed by atoms with Crippen molar-refractivity contribution >= 4 is 0 Å². The second kappa shape index (κ2) is 12.3. The van der Waals surface area contributed by atoms with Crippen LogP contribution >= 0.6 is 0 Å². The molecule has 0 amide bonds. The summed E-state index contributed by atoms with van der Waals surface area (Å²) in [7, 11) is 0. The monoisotopic (exact) mass is 325 g/mol. The quantitative estimate of drug-likeness (QED) is 0.425. The van der Waals surface area contributed by atoms with Gasteiger partial charge in [-0.25, -0.2) is 0 Å². The topological polar surface area (TPSA) is 23.5 Å². The first kappa shape index (κ1) is 21.0. The number of β-amino-alcohol motifs (C(OH)–C–C–N with tert-alkyl or cyclic N) is 1. The van der Waals surface area contributed by atoms with Crippen molar-refractivity contribution in [2.45, 2.75) is 122 Å². The van der Waals surface area contributed by atoms with Crippen molar-refractivity contribution in [1.82, 2.24) is 4.90 Å². The minimum absolute atomic E-state index is 0.457. The summed E-state index contributed by atoms with van der Waals surface area (Å²) in [5.74, 6) is 0. The van der Waals surface area contributed by atoms with Gasteiger partial charge in [-0.3, -0.25) is 4.90 Å². The first-order valence-electron chi connectivity index (χ1n) is 10.6. The maximum atomic E-state index is 10.4. The molecular formula is C21H43NO. The second-order valence-electron chi connectivity index (χ2n) is 8.13.